The summed E-state index contributed by atoms with van der Waals surface area (Å²) >= 11 is 0. The van der Waals surface area contributed by atoms with E-state index in [4.69, 9.17) is 4.74 Å². The molecule has 2 aliphatic rings. The molecule has 0 bridgehead atoms. The molecular weight excluding hydrogens is 344 g/mol. The van der Waals surface area contributed by atoms with E-state index in [0.29, 0.717) is 38.2 Å². The molecule has 27 heavy (non-hydrogen) atoms. The average Bonchev–Trinajstić information content (AvgIpc) is 3.16. The lowest BCUT2D eigenvalue weighted by Gasteiger charge is -2.37. The highest BCUT2D eigenvalue weighted by Crippen LogP contribution is 2.35. The SMILES string of the molecule is CCC[C@H](C)N1CC2(CCN(C(=O)c3cc(C(C)C)nn3C)CC2)OC1=O. The van der Waals surface area contributed by atoms with Crippen molar-refractivity contribution in [1.82, 2.24) is 19.6 Å². The summed E-state index contributed by atoms with van der Waals surface area (Å²) in [6, 6.07) is 2.09. The van der Waals surface area contributed by atoms with E-state index in [1.54, 1.807) is 4.68 Å². The maximum Gasteiger partial charge on any atom is 0.410 e. The number of amides is 2. The van der Waals surface area contributed by atoms with Gasteiger partial charge in [-0.3, -0.25) is 9.48 Å². The number of carbonyl (C=O) groups is 2. The number of nitrogens with zero attached hydrogens (tertiary/aromatic N) is 4. The van der Waals surface area contributed by atoms with Crippen LogP contribution in [0.25, 0.3) is 0 Å². The molecule has 2 amide bonds. The molecule has 0 aliphatic carbocycles. The first kappa shape index (κ1) is 19.7. The van der Waals surface area contributed by atoms with Crippen molar-refractivity contribution in [3.05, 3.63) is 17.5 Å². The maximum absolute atomic E-state index is 12.9. The maximum atomic E-state index is 12.9. The number of likely N-dealkylation sites (tertiary alicyclic amines) is 1. The van der Waals surface area contributed by atoms with Crippen LogP contribution in [0.1, 0.15) is 75.5 Å². The van der Waals surface area contributed by atoms with Gasteiger partial charge in [-0.2, -0.15) is 5.10 Å². The number of aryl methyl sites for hydroxylation is 1. The van der Waals surface area contributed by atoms with Gasteiger partial charge in [0, 0.05) is 39.0 Å². The number of ether oxygens (including phenoxy) is 1. The van der Waals surface area contributed by atoms with Gasteiger partial charge in [-0.25, -0.2) is 4.79 Å². The highest BCUT2D eigenvalue weighted by Gasteiger charge is 2.48. The standard InChI is InChI=1S/C20H32N4O3/c1-6-7-15(4)24-13-20(27-19(24)26)8-10-23(11-9-20)18(25)17-12-16(14(2)3)21-22(17)5/h12,14-15H,6-11,13H2,1-5H3/t15-/m0/s1. The summed E-state index contributed by atoms with van der Waals surface area (Å²) < 4.78 is 7.47. The number of carbonyl (C=O) groups excluding carboxylic acids is 2. The molecule has 1 aromatic rings. The lowest BCUT2D eigenvalue weighted by atomic mass is 9.90. The van der Waals surface area contributed by atoms with Gasteiger partial charge in [0.05, 0.1) is 12.2 Å². The first-order valence-corrected chi connectivity index (χ1v) is 10.1. The van der Waals surface area contributed by atoms with Crippen molar-refractivity contribution >= 4 is 12.0 Å². The molecule has 7 nitrogen and oxygen atoms in total. The van der Waals surface area contributed by atoms with Crippen LogP contribution >= 0.6 is 0 Å². The van der Waals surface area contributed by atoms with Crippen molar-refractivity contribution < 1.29 is 14.3 Å². The molecule has 1 atom stereocenters. The Morgan fingerprint density at radius 2 is 1.96 bits per heavy atom. The van der Waals surface area contributed by atoms with Gasteiger partial charge in [-0.05, 0) is 25.3 Å². The molecule has 2 fully saturated rings. The quantitative estimate of drug-likeness (QED) is 0.792. The van der Waals surface area contributed by atoms with Crippen molar-refractivity contribution in [3.63, 3.8) is 0 Å². The van der Waals surface area contributed by atoms with Crippen LogP contribution in [0.15, 0.2) is 6.07 Å². The van der Waals surface area contributed by atoms with Gasteiger partial charge in [-0.1, -0.05) is 27.2 Å². The second kappa shape index (κ2) is 7.52. The van der Waals surface area contributed by atoms with Gasteiger partial charge >= 0.3 is 6.09 Å². The normalized spacial score (nSPS) is 20.4. The number of hydrogen-bond acceptors (Lipinski definition) is 4. The molecule has 1 aromatic heterocycles. The Morgan fingerprint density at radius 3 is 2.52 bits per heavy atom. The molecule has 3 rings (SSSR count). The summed E-state index contributed by atoms with van der Waals surface area (Å²) in [5, 5.41) is 4.45. The van der Waals surface area contributed by atoms with E-state index < -0.39 is 5.60 Å². The highest BCUT2D eigenvalue weighted by molar-refractivity contribution is 5.92. The zero-order valence-electron chi connectivity index (χ0n) is 17.2. The molecule has 0 N–H and O–H groups in total. The van der Waals surface area contributed by atoms with Crippen molar-refractivity contribution in [2.75, 3.05) is 19.6 Å². The minimum Gasteiger partial charge on any atom is -0.441 e. The zero-order chi connectivity index (χ0) is 19.8. The number of rotatable bonds is 5. The van der Waals surface area contributed by atoms with E-state index in [1.807, 2.05) is 22.9 Å². The predicted octanol–water partition coefficient (Wildman–Crippen LogP) is 3.16. The van der Waals surface area contributed by atoms with Crippen LogP contribution in [0.4, 0.5) is 4.79 Å². The topological polar surface area (TPSA) is 67.7 Å². The number of piperidine rings is 1. The summed E-state index contributed by atoms with van der Waals surface area (Å²) in [6.07, 6.45) is 3.20. The minimum absolute atomic E-state index is 0.00674. The fourth-order valence-electron chi connectivity index (χ4n) is 4.07. The number of aromatic nitrogens is 2. The van der Waals surface area contributed by atoms with Crippen LogP contribution in [-0.2, 0) is 11.8 Å². The van der Waals surface area contributed by atoms with Crippen molar-refractivity contribution in [3.8, 4) is 0 Å². The van der Waals surface area contributed by atoms with Gasteiger partial charge in [0.2, 0.25) is 0 Å². The molecule has 7 heteroatoms. The first-order chi connectivity index (χ1) is 12.8. The molecule has 1 spiro atoms. The second-order valence-corrected chi connectivity index (χ2v) is 8.34. The molecule has 2 saturated heterocycles. The molecule has 150 valence electrons. The third kappa shape index (κ3) is 3.82. The second-order valence-electron chi connectivity index (χ2n) is 8.34. The van der Waals surface area contributed by atoms with Gasteiger partial charge in [0.25, 0.3) is 5.91 Å². The smallest absolute Gasteiger partial charge is 0.410 e. The van der Waals surface area contributed by atoms with Crippen molar-refractivity contribution in [2.45, 2.75) is 70.9 Å². The van der Waals surface area contributed by atoms with E-state index in [1.165, 1.54) is 0 Å². The van der Waals surface area contributed by atoms with Crippen LogP contribution in [0.3, 0.4) is 0 Å². The lowest BCUT2D eigenvalue weighted by molar-refractivity contribution is 0.00277. The third-order valence-corrected chi connectivity index (χ3v) is 5.91. The Balaban J connectivity index is 1.64. The van der Waals surface area contributed by atoms with Gasteiger partial charge < -0.3 is 14.5 Å². The van der Waals surface area contributed by atoms with Crippen LogP contribution < -0.4 is 0 Å². The number of hydrogen-bond donors (Lipinski definition) is 0. The zero-order valence-corrected chi connectivity index (χ0v) is 17.2. The Kier molecular flexibility index (Phi) is 5.49. The van der Waals surface area contributed by atoms with E-state index in [0.717, 1.165) is 18.5 Å². The fourth-order valence-corrected chi connectivity index (χ4v) is 4.07. The minimum atomic E-state index is -0.439. The van der Waals surface area contributed by atoms with Gasteiger partial charge in [0.1, 0.15) is 11.3 Å². The third-order valence-electron chi connectivity index (χ3n) is 5.91. The van der Waals surface area contributed by atoms with Crippen LogP contribution in [0.5, 0.6) is 0 Å². The summed E-state index contributed by atoms with van der Waals surface area (Å²) in [7, 11) is 1.82. The van der Waals surface area contributed by atoms with Crippen LogP contribution in [0, 0.1) is 0 Å². The van der Waals surface area contributed by atoms with Crippen LogP contribution in [-0.4, -0.2) is 62.9 Å². The molecule has 0 saturated carbocycles. The largest absolute Gasteiger partial charge is 0.441 e. The van der Waals surface area contributed by atoms with E-state index in [-0.39, 0.29) is 24.0 Å². The highest BCUT2D eigenvalue weighted by atomic mass is 16.6. The first-order valence-electron chi connectivity index (χ1n) is 10.1. The Morgan fingerprint density at radius 1 is 1.30 bits per heavy atom. The van der Waals surface area contributed by atoms with Gasteiger partial charge in [-0.15, -0.1) is 0 Å². The molecule has 0 aromatic carbocycles. The van der Waals surface area contributed by atoms with Crippen LogP contribution in [0.2, 0.25) is 0 Å². The average molecular weight is 377 g/mol. The summed E-state index contributed by atoms with van der Waals surface area (Å²) in [5.41, 5.74) is 1.11. The van der Waals surface area contributed by atoms with Crippen molar-refractivity contribution in [1.29, 1.82) is 0 Å². The monoisotopic (exact) mass is 376 g/mol. The van der Waals surface area contributed by atoms with E-state index in [9.17, 15) is 9.59 Å². The van der Waals surface area contributed by atoms with E-state index in [2.05, 4.69) is 32.8 Å². The molecule has 0 radical (unpaired) electrons. The van der Waals surface area contributed by atoms with Gasteiger partial charge in [0.15, 0.2) is 0 Å². The molecule has 0 unspecified atom stereocenters. The molecular formula is C20H32N4O3. The summed E-state index contributed by atoms with van der Waals surface area (Å²) in [4.78, 5) is 29.0. The summed E-state index contributed by atoms with van der Waals surface area (Å²) in [5.74, 6) is 0.295. The van der Waals surface area contributed by atoms with E-state index >= 15 is 0 Å². The Bertz CT molecular complexity index is 704. The fraction of sp³-hybridized carbons (Fsp3) is 0.750. The molecule has 2 aliphatic heterocycles. The lowest BCUT2D eigenvalue weighted by Crippen LogP contribution is -2.49. The summed E-state index contributed by atoms with van der Waals surface area (Å²) in [6.45, 7) is 10.2. The predicted molar refractivity (Wildman–Crippen MR) is 103 cm³/mol. The van der Waals surface area contributed by atoms with Crippen molar-refractivity contribution in [2.24, 2.45) is 7.05 Å². The Hall–Kier alpha value is -2.05. The molecule has 3 heterocycles. The Labute approximate surface area is 161 Å².